The Labute approximate surface area is 120 Å². The first-order valence-electron chi connectivity index (χ1n) is 6.01. The second-order valence-electron chi connectivity index (χ2n) is 4.01. The number of benzene rings is 1. The van der Waals surface area contributed by atoms with Gasteiger partial charge in [-0.3, -0.25) is 4.79 Å². The molecule has 1 amide bonds. The normalized spacial score (nSPS) is 9.67. The zero-order valence-corrected chi connectivity index (χ0v) is 10.9. The molecule has 0 aliphatic rings. The molecule has 106 valence electrons. The van der Waals surface area contributed by atoms with Crippen molar-refractivity contribution in [3.8, 4) is 11.8 Å². The molecule has 0 aliphatic heterocycles. The smallest absolute Gasteiger partial charge is 0.259 e. The predicted molar refractivity (Wildman–Crippen MR) is 74.5 cm³/mol. The molecule has 0 spiro atoms. The Kier molecular flexibility index (Phi) is 4.59. The van der Waals surface area contributed by atoms with Crippen molar-refractivity contribution in [1.29, 1.82) is 0 Å². The van der Waals surface area contributed by atoms with Gasteiger partial charge in [0.15, 0.2) is 0 Å². The van der Waals surface area contributed by atoms with E-state index in [-0.39, 0.29) is 17.9 Å². The van der Waals surface area contributed by atoms with Crippen LogP contribution in [0.1, 0.15) is 15.9 Å². The number of rotatable bonds is 2. The number of carbonyl (C=O) groups excluding carboxylic acids is 1. The van der Waals surface area contributed by atoms with Crippen molar-refractivity contribution in [1.82, 2.24) is 4.98 Å². The number of carbonyl (C=O) groups is 1. The summed E-state index contributed by atoms with van der Waals surface area (Å²) in [5.41, 5.74) is 5.62. The van der Waals surface area contributed by atoms with Crippen molar-refractivity contribution in [3.05, 3.63) is 59.3 Å². The first-order chi connectivity index (χ1) is 10.1. The Morgan fingerprint density at radius 2 is 2.10 bits per heavy atom. The van der Waals surface area contributed by atoms with Crippen LogP contribution in [0.2, 0.25) is 0 Å². The molecule has 0 saturated carbocycles. The van der Waals surface area contributed by atoms with Crippen LogP contribution < -0.4 is 11.1 Å². The lowest BCUT2D eigenvalue weighted by atomic mass is 10.2. The van der Waals surface area contributed by atoms with Gasteiger partial charge in [0.25, 0.3) is 5.91 Å². The van der Waals surface area contributed by atoms with Crippen LogP contribution in [0.4, 0.5) is 14.6 Å². The van der Waals surface area contributed by atoms with E-state index in [4.69, 9.17) is 5.73 Å². The van der Waals surface area contributed by atoms with E-state index in [1.54, 1.807) is 6.07 Å². The van der Waals surface area contributed by atoms with Crippen LogP contribution in [0.15, 0.2) is 36.5 Å². The van der Waals surface area contributed by atoms with Gasteiger partial charge in [0.05, 0.1) is 12.1 Å². The van der Waals surface area contributed by atoms with E-state index in [0.717, 1.165) is 12.1 Å². The lowest BCUT2D eigenvalue weighted by Gasteiger charge is -2.05. The number of aromatic nitrogens is 1. The van der Waals surface area contributed by atoms with Gasteiger partial charge in [0, 0.05) is 17.8 Å². The van der Waals surface area contributed by atoms with E-state index in [2.05, 4.69) is 22.1 Å². The van der Waals surface area contributed by atoms with Crippen molar-refractivity contribution >= 4 is 11.7 Å². The molecule has 0 radical (unpaired) electrons. The summed E-state index contributed by atoms with van der Waals surface area (Å²) in [5.74, 6) is 3.26. The summed E-state index contributed by atoms with van der Waals surface area (Å²) >= 11 is 0. The minimum absolute atomic E-state index is 0.213. The van der Waals surface area contributed by atoms with Gasteiger partial charge in [-0.05, 0) is 24.3 Å². The van der Waals surface area contributed by atoms with Crippen LogP contribution >= 0.6 is 0 Å². The molecule has 6 heteroatoms. The third-order valence-corrected chi connectivity index (χ3v) is 2.51. The lowest BCUT2D eigenvalue weighted by molar-refractivity contribution is 0.102. The van der Waals surface area contributed by atoms with Crippen LogP contribution in [0.3, 0.4) is 0 Å². The molecule has 0 unspecified atom stereocenters. The molecular weight excluding hydrogens is 276 g/mol. The lowest BCUT2D eigenvalue weighted by Crippen LogP contribution is -2.14. The molecule has 0 aliphatic carbocycles. The summed E-state index contributed by atoms with van der Waals surface area (Å²) in [6.45, 7) is 0.213. The molecule has 1 heterocycles. The fourth-order valence-electron chi connectivity index (χ4n) is 1.59. The Morgan fingerprint density at radius 1 is 1.29 bits per heavy atom. The number of nitrogens with two attached hydrogens (primary N) is 1. The monoisotopic (exact) mass is 287 g/mol. The molecule has 2 aromatic rings. The van der Waals surface area contributed by atoms with Gasteiger partial charge >= 0.3 is 0 Å². The van der Waals surface area contributed by atoms with Crippen molar-refractivity contribution in [2.45, 2.75) is 0 Å². The molecule has 21 heavy (non-hydrogen) atoms. The number of amides is 1. The van der Waals surface area contributed by atoms with Gasteiger partial charge in [-0.1, -0.05) is 11.8 Å². The third-order valence-electron chi connectivity index (χ3n) is 2.51. The molecule has 3 N–H and O–H groups in total. The van der Waals surface area contributed by atoms with E-state index in [1.165, 1.54) is 12.3 Å². The molecule has 0 bridgehead atoms. The van der Waals surface area contributed by atoms with Crippen LogP contribution in [0.5, 0.6) is 0 Å². The number of anilines is 1. The molecule has 0 atom stereocenters. The SMILES string of the molecule is NCC#Cc1ccnc(NC(=O)c2ccc(F)cc2F)c1. The Balaban J connectivity index is 2.19. The average Bonchev–Trinajstić information content (AvgIpc) is 2.45. The van der Waals surface area contributed by atoms with Gasteiger partial charge in [-0.15, -0.1) is 0 Å². The molecule has 0 fully saturated rings. The van der Waals surface area contributed by atoms with E-state index in [0.29, 0.717) is 11.6 Å². The molecule has 2 rings (SSSR count). The summed E-state index contributed by atoms with van der Waals surface area (Å²) in [6.07, 6.45) is 1.46. The molecule has 0 saturated heterocycles. The second kappa shape index (κ2) is 6.59. The maximum absolute atomic E-state index is 13.5. The van der Waals surface area contributed by atoms with Crippen molar-refractivity contribution < 1.29 is 13.6 Å². The minimum atomic E-state index is -0.938. The van der Waals surface area contributed by atoms with Crippen molar-refractivity contribution in [2.75, 3.05) is 11.9 Å². The van der Waals surface area contributed by atoms with E-state index in [9.17, 15) is 13.6 Å². The Morgan fingerprint density at radius 3 is 2.81 bits per heavy atom. The first-order valence-corrected chi connectivity index (χ1v) is 6.01. The fourth-order valence-corrected chi connectivity index (χ4v) is 1.59. The van der Waals surface area contributed by atoms with E-state index in [1.807, 2.05) is 0 Å². The number of halogens is 2. The quantitative estimate of drug-likeness (QED) is 0.829. The van der Waals surface area contributed by atoms with Crippen LogP contribution in [-0.2, 0) is 0 Å². The fraction of sp³-hybridized carbons (Fsp3) is 0.0667. The van der Waals surface area contributed by atoms with Crippen molar-refractivity contribution in [2.24, 2.45) is 5.73 Å². The largest absolute Gasteiger partial charge is 0.320 e. The number of nitrogens with zero attached hydrogens (tertiary/aromatic N) is 1. The summed E-state index contributed by atoms with van der Waals surface area (Å²) < 4.78 is 26.3. The van der Waals surface area contributed by atoms with Gasteiger partial charge in [0.1, 0.15) is 17.5 Å². The molecular formula is C15H11F2N3O. The Hall–Kier alpha value is -2.78. The molecule has 1 aromatic carbocycles. The Bertz CT molecular complexity index is 735. The number of hydrogen-bond donors (Lipinski definition) is 2. The number of pyridine rings is 1. The highest BCUT2D eigenvalue weighted by Crippen LogP contribution is 2.12. The first kappa shape index (κ1) is 14.6. The number of nitrogens with one attached hydrogen (secondary N) is 1. The van der Waals surface area contributed by atoms with E-state index < -0.39 is 17.5 Å². The second-order valence-corrected chi connectivity index (χ2v) is 4.01. The van der Waals surface area contributed by atoms with Crippen LogP contribution in [0, 0.1) is 23.5 Å². The van der Waals surface area contributed by atoms with Gasteiger partial charge < -0.3 is 11.1 Å². The van der Waals surface area contributed by atoms with Crippen molar-refractivity contribution in [3.63, 3.8) is 0 Å². The zero-order valence-electron chi connectivity index (χ0n) is 10.9. The highest BCUT2D eigenvalue weighted by atomic mass is 19.1. The summed E-state index contributed by atoms with van der Waals surface area (Å²) in [4.78, 5) is 15.8. The predicted octanol–water partition coefficient (Wildman–Crippen LogP) is 1.92. The third kappa shape index (κ3) is 3.84. The van der Waals surface area contributed by atoms with Gasteiger partial charge in [0.2, 0.25) is 0 Å². The van der Waals surface area contributed by atoms with Crippen LogP contribution in [-0.4, -0.2) is 17.4 Å². The van der Waals surface area contributed by atoms with Crippen LogP contribution in [0.25, 0.3) is 0 Å². The molecule has 1 aromatic heterocycles. The summed E-state index contributed by atoms with van der Waals surface area (Å²) in [7, 11) is 0. The average molecular weight is 287 g/mol. The highest BCUT2D eigenvalue weighted by molar-refractivity contribution is 6.03. The summed E-state index contributed by atoms with van der Waals surface area (Å²) in [5, 5.41) is 2.42. The van der Waals surface area contributed by atoms with E-state index >= 15 is 0 Å². The topological polar surface area (TPSA) is 68.0 Å². The minimum Gasteiger partial charge on any atom is -0.320 e. The van der Waals surface area contributed by atoms with Gasteiger partial charge in [-0.25, -0.2) is 13.8 Å². The standard InChI is InChI=1S/C15H11F2N3O/c16-11-3-4-12(13(17)9-11)15(21)20-14-8-10(2-1-6-18)5-7-19-14/h3-5,7-9H,6,18H2,(H,19,20,21). The highest BCUT2D eigenvalue weighted by Gasteiger charge is 2.13. The maximum Gasteiger partial charge on any atom is 0.259 e. The number of hydrogen-bond acceptors (Lipinski definition) is 3. The molecule has 4 nitrogen and oxygen atoms in total. The maximum atomic E-state index is 13.5. The summed E-state index contributed by atoms with van der Waals surface area (Å²) in [6, 6.07) is 5.90. The van der Waals surface area contributed by atoms with Gasteiger partial charge in [-0.2, -0.15) is 0 Å². The zero-order chi connectivity index (χ0) is 15.2.